The molecule has 112 valence electrons. The van der Waals surface area contributed by atoms with Gasteiger partial charge in [-0.2, -0.15) is 0 Å². The first-order valence-electron chi connectivity index (χ1n) is 6.28. The van der Waals surface area contributed by atoms with Crippen LogP contribution in [0.4, 0.5) is 0 Å². The Bertz CT molecular complexity index is 791. The molecular weight excluding hydrogens is 347 g/mol. The Morgan fingerprint density at radius 3 is 2.41 bits per heavy atom. The molecule has 1 heterocycles. The van der Waals surface area contributed by atoms with E-state index in [2.05, 4.69) is 10.2 Å². The zero-order valence-electron chi connectivity index (χ0n) is 11.1. The van der Waals surface area contributed by atoms with E-state index in [9.17, 15) is 0 Å². The van der Waals surface area contributed by atoms with Crippen LogP contribution in [0.2, 0.25) is 15.1 Å². The SMILES string of the molecule is Clc1cc(Cl)c(OCc2nnc(-c3ccccc3)o2)cc1Cl. The molecule has 2 aromatic carbocycles. The Kier molecular flexibility index (Phi) is 4.52. The van der Waals surface area contributed by atoms with Gasteiger partial charge < -0.3 is 9.15 Å². The molecule has 0 amide bonds. The van der Waals surface area contributed by atoms with E-state index in [1.807, 2.05) is 30.3 Å². The highest BCUT2D eigenvalue weighted by Crippen LogP contribution is 2.34. The van der Waals surface area contributed by atoms with Crippen molar-refractivity contribution in [3.63, 3.8) is 0 Å². The van der Waals surface area contributed by atoms with Gasteiger partial charge in [0, 0.05) is 11.6 Å². The van der Waals surface area contributed by atoms with Crippen molar-refractivity contribution in [3.05, 3.63) is 63.4 Å². The lowest BCUT2D eigenvalue weighted by Crippen LogP contribution is -1.96. The normalized spacial score (nSPS) is 10.7. The number of hydrogen-bond acceptors (Lipinski definition) is 4. The minimum atomic E-state index is 0.0809. The molecule has 0 aliphatic carbocycles. The number of nitrogens with zero attached hydrogens (tertiary/aromatic N) is 2. The van der Waals surface area contributed by atoms with E-state index in [0.29, 0.717) is 32.6 Å². The Labute approximate surface area is 141 Å². The number of aromatic nitrogens is 2. The van der Waals surface area contributed by atoms with Gasteiger partial charge in [-0.15, -0.1) is 10.2 Å². The van der Waals surface area contributed by atoms with Gasteiger partial charge in [0.05, 0.1) is 15.1 Å². The topological polar surface area (TPSA) is 48.2 Å². The first-order valence-corrected chi connectivity index (χ1v) is 7.42. The summed E-state index contributed by atoms with van der Waals surface area (Å²) in [4.78, 5) is 0. The monoisotopic (exact) mass is 354 g/mol. The Balaban J connectivity index is 1.73. The van der Waals surface area contributed by atoms with Gasteiger partial charge in [0.25, 0.3) is 5.89 Å². The van der Waals surface area contributed by atoms with Crippen LogP contribution < -0.4 is 4.74 Å². The molecule has 1 aromatic heterocycles. The van der Waals surface area contributed by atoms with Crippen LogP contribution in [-0.2, 0) is 6.61 Å². The number of benzene rings is 2. The van der Waals surface area contributed by atoms with Crippen molar-refractivity contribution < 1.29 is 9.15 Å². The van der Waals surface area contributed by atoms with Gasteiger partial charge in [0.2, 0.25) is 5.89 Å². The maximum absolute atomic E-state index is 6.03. The lowest BCUT2D eigenvalue weighted by molar-refractivity contribution is 0.264. The molecule has 0 atom stereocenters. The van der Waals surface area contributed by atoms with Crippen molar-refractivity contribution in [2.75, 3.05) is 0 Å². The van der Waals surface area contributed by atoms with E-state index in [0.717, 1.165) is 5.56 Å². The Morgan fingerprint density at radius 1 is 0.909 bits per heavy atom. The van der Waals surface area contributed by atoms with E-state index < -0.39 is 0 Å². The number of rotatable bonds is 4. The molecule has 0 radical (unpaired) electrons. The molecule has 0 N–H and O–H groups in total. The fourth-order valence-corrected chi connectivity index (χ4v) is 2.36. The predicted molar refractivity (Wildman–Crippen MR) is 85.5 cm³/mol. The van der Waals surface area contributed by atoms with E-state index in [4.69, 9.17) is 44.0 Å². The largest absolute Gasteiger partial charge is 0.482 e. The second kappa shape index (κ2) is 6.57. The fraction of sp³-hybridized carbons (Fsp3) is 0.0667. The molecule has 3 aromatic rings. The maximum atomic E-state index is 6.03. The summed E-state index contributed by atoms with van der Waals surface area (Å²) in [6.45, 7) is 0.0809. The number of hydrogen-bond donors (Lipinski definition) is 0. The van der Waals surface area contributed by atoms with Gasteiger partial charge in [0.15, 0.2) is 6.61 Å². The van der Waals surface area contributed by atoms with Crippen LogP contribution in [0.3, 0.4) is 0 Å². The highest BCUT2D eigenvalue weighted by molar-refractivity contribution is 6.43. The molecule has 22 heavy (non-hydrogen) atoms. The summed E-state index contributed by atoms with van der Waals surface area (Å²) in [5, 5.41) is 8.99. The van der Waals surface area contributed by atoms with Crippen LogP contribution in [0, 0.1) is 0 Å². The second-order valence-electron chi connectivity index (χ2n) is 4.35. The Hall–Kier alpha value is -1.75. The third-order valence-corrected chi connectivity index (χ3v) is 3.83. The lowest BCUT2D eigenvalue weighted by Gasteiger charge is -2.07. The third kappa shape index (κ3) is 3.35. The van der Waals surface area contributed by atoms with Gasteiger partial charge in [-0.3, -0.25) is 0 Å². The maximum Gasteiger partial charge on any atom is 0.254 e. The average molecular weight is 356 g/mol. The van der Waals surface area contributed by atoms with E-state index in [1.54, 1.807) is 6.07 Å². The van der Waals surface area contributed by atoms with Crippen molar-refractivity contribution in [2.45, 2.75) is 6.61 Å². The minimum Gasteiger partial charge on any atom is -0.482 e. The molecule has 7 heteroatoms. The van der Waals surface area contributed by atoms with Crippen LogP contribution >= 0.6 is 34.8 Å². The van der Waals surface area contributed by atoms with Crippen LogP contribution in [0.1, 0.15) is 5.89 Å². The summed E-state index contributed by atoms with van der Waals surface area (Å²) in [6, 6.07) is 12.5. The van der Waals surface area contributed by atoms with Crippen molar-refractivity contribution in [1.29, 1.82) is 0 Å². The fourth-order valence-electron chi connectivity index (χ4n) is 1.76. The minimum absolute atomic E-state index is 0.0809. The summed E-state index contributed by atoms with van der Waals surface area (Å²) in [5.74, 6) is 1.16. The first-order chi connectivity index (χ1) is 10.6. The van der Waals surface area contributed by atoms with Gasteiger partial charge >= 0.3 is 0 Å². The molecule has 0 unspecified atom stereocenters. The van der Waals surface area contributed by atoms with E-state index in [1.165, 1.54) is 6.07 Å². The average Bonchev–Trinajstić information content (AvgIpc) is 2.99. The highest BCUT2D eigenvalue weighted by atomic mass is 35.5. The van der Waals surface area contributed by atoms with Crippen LogP contribution in [-0.4, -0.2) is 10.2 Å². The Morgan fingerprint density at radius 2 is 1.64 bits per heavy atom. The molecule has 0 saturated heterocycles. The molecule has 0 aliphatic heterocycles. The summed E-state index contributed by atoms with van der Waals surface area (Å²) in [5.41, 5.74) is 0.841. The van der Waals surface area contributed by atoms with Gasteiger partial charge in [-0.25, -0.2) is 0 Å². The molecule has 4 nitrogen and oxygen atoms in total. The standard InChI is InChI=1S/C15H9Cl3N2O2/c16-10-6-12(18)13(7-11(10)17)21-8-14-19-20-15(22-14)9-4-2-1-3-5-9/h1-7H,8H2. The predicted octanol–water partition coefficient (Wildman–Crippen LogP) is 5.28. The smallest absolute Gasteiger partial charge is 0.254 e. The van der Waals surface area contributed by atoms with Crippen LogP contribution in [0.25, 0.3) is 11.5 Å². The van der Waals surface area contributed by atoms with Crippen molar-refractivity contribution >= 4 is 34.8 Å². The molecule has 3 rings (SSSR count). The quantitative estimate of drug-likeness (QED) is 0.598. The summed E-state index contributed by atoms with van der Waals surface area (Å²) < 4.78 is 11.1. The number of ether oxygens (including phenoxy) is 1. The summed E-state index contributed by atoms with van der Waals surface area (Å²) in [6.07, 6.45) is 0. The van der Waals surface area contributed by atoms with Crippen molar-refractivity contribution in [2.24, 2.45) is 0 Å². The molecule has 0 bridgehead atoms. The molecule has 0 saturated carbocycles. The molecule has 0 spiro atoms. The zero-order chi connectivity index (χ0) is 15.5. The third-order valence-electron chi connectivity index (χ3n) is 2.81. The second-order valence-corrected chi connectivity index (χ2v) is 5.57. The molecule has 0 fully saturated rings. The zero-order valence-corrected chi connectivity index (χ0v) is 13.4. The molecule has 0 aliphatic rings. The van der Waals surface area contributed by atoms with Crippen LogP contribution in [0.15, 0.2) is 46.9 Å². The lowest BCUT2D eigenvalue weighted by atomic mass is 10.2. The van der Waals surface area contributed by atoms with Crippen LogP contribution in [0.5, 0.6) is 5.75 Å². The number of halogens is 3. The summed E-state index contributed by atoms with van der Waals surface area (Å²) in [7, 11) is 0. The van der Waals surface area contributed by atoms with Gasteiger partial charge in [-0.05, 0) is 18.2 Å². The van der Waals surface area contributed by atoms with E-state index in [-0.39, 0.29) is 6.61 Å². The van der Waals surface area contributed by atoms with Gasteiger partial charge in [0.1, 0.15) is 5.75 Å². The first kappa shape index (κ1) is 15.2. The van der Waals surface area contributed by atoms with Crippen molar-refractivity contribution in [1.82, 2.24) is 10.2 Å². The highest BCUT2D eigenvalue weighted by Gasteiger charge is 2.11. The van der Waals surface area contributed by atoms with E-state index >= 15 is 0 Å². The van der Waals surface area contributed by atoms with Crippen molar-refractivity contribution in [3.8, 4) is 17.2 Å². The molecular formula is C15H9Cl3N2O2. The van der Waals surface area contributed by atoms with Gasteiger partial charge in [-0.1, -0.05) is 53.0 Å². The summed E-state index contributed by atoms with van der Waals surface area (Å²) >= 11 is 17.8.